The quantitative estimate of drug-likeness (QED) is 0.388. The summed E-state index contributed by atoms with van der Waals surface area (Å²) < 4.78 is 0. The predicted octanol–water partition coefficient (Wildman–Crippen LogP) is 3.90. The number of nitrogens with one attached hydrogen (secondary N) is 2. The molecule has 0 bridgehead atoms. The molecule has 1 aliphatic carbocycles. The van der Waals surface area contributed by atoms with E-state index in [1.807, 2.05) is 0 Å². The first-order chi connectivity index (χ1) is 11.7. The van der Waals surface area contributed by atoms with Gasteiger partial charge in [0.25, 0.3) is 0 Å². The van der Waals surface area contributed by atoms with Gasteiger partial charge >= 0.3 is 0 Å². The van der Waals surface area contributed by atoms with E-state index in [1.165, 1.54) is 49.8 Å². The van der Waals surface area contributed by atoms with Crippen molar-refractivity contribution in [1.82, 2.24) is 15.5 Å². The van der Waals surface area contributed by atoms with Crippen molar-refractivity contribution in [2.45, 2.75) is 71.1 Å². The number of halogens is 1. The normalized spacial score (nSPS) is 21.5. The van der Waals surface area contributed by atoms with Crippen molar-refractivity contribution in [3.8, 4) is 0 Å². The standard InChI is InChI=1S/C20H32N4.HI/c1-3-21-20(23-19-11-12-19)22-14-17-7-9-18(10-8-17)15-24-13-5-4-6-16(24)2;/h7-10,16,19H,3-6,11-15H2,1-2H3,(H2,21,22,23);1H. The van der Waals surface area contributed by atoms with Gasteiger partial charge < -0.3 is 10.6 Å². The van der Waals surface area contributed by atoms with Gasteiger partial charge in [-0.15, -0.1) is 24.0 Å². The number of likely N-dealkylation sites (tertiary alicyclic amines) is 1. The number of hydrogen-bond donors (Lipinski definition) is 2. The van der Waals surface area contributed by atoms with Crippen LogP contribution in [0.1, 0.15) is 57.1 Å². The minimum absolute atomic E-state index is 0. The summed E-state index contributed by atoms with van der Waals surface area (Å²) in [5, 5.41) is 6.79. The molecule has 0 spiro atoms. The number of guanidine groups is 1. The molecular formula is C20H33IN4. The van der Waals surface area contributed by atoms with Crippen LogP contribution < -0.4 is 10.6 Å². The van der Waals surface area contributed by atoms with Gasteiger partial charge in [-0.25, -0.2) is 4.99 Å². The molecule has 3 rings (SSSR count). The second kappa shape index (κ2) is 10.4. The van der Waals surface area contributed by atoms with Crippen LogP contribution in [0.3, 0.4) is 0 Å². The molecule has 140 valence electrons. The third kappa shape index (κ3) is 6.77. The molecular weight excluding hydrogens is 423 g/mol. The van der Waals surface area contributed by atoms with Crippen LogP contribution in [0.15, 0.2) is 29.3 Å². The molecule has 1 aromatic rings. The average Bonchev–Trinajstić information content (AvgIpc) is 3.40. The van der Waals surface area contributed by atoms with E-state index in [0.717, 1.165) is 31.6 Å². The molecule has 0 aromatic heterocycles. The fourth-order valence-corrected chi connectivity index (χ4v) is 3.29. The number of rotatable bonds is 6. The van der Waals surface area contributed by atoms with Crippen molar-refractivity contribution in [2.75, 3.05) is 13.1 Å². The smallest absolute Gasteiger partial charge is 0.191 e. The highest BCUT2D eigenvalue weighted by atomic mass is 127. The first-order valence-corrected chi connectivity index (χ1v) is 9.61. The Labute approximate surface area is 169 Å². The van der Waals surface area contributed by atoms with Gasteiger partial charge in [-0.1, -0.05) is 30.7 Å². The molecule has 5 heteroatoms. The van der Waals surface area contributed by atoms with Crippen molar-refractivity contribution < 1.29 is 0 Å². The van der Waals surface area contributed by atoms with Crippen LogP contribution >= 0.6 is 24.0 Å². The van der Waals surface area contributed by atoms with Crippen LogP contribution in [0.4, 0.5) is 0 Å². The average molecular weight is 456 g/mol. The van der Waals surface area contributed by atoms with E-state index < -0.39 is 0 Å². The Morgan fingerprint density at radius 2 is 1.84 bits per heavy atom. The van der Waals surface area contributed by atoms with Crippen LogP contribution in [-0.4, -0.2) is 36.0 Å². The zero-order valence-electron chi connectivity index (χ0n) is 15.6. The van der Waals surface area contributed by atoms with E-state index >= 15 is 0 Å². The minimum atomic E-state index is 0. The Bertz CT molecular complexity index is 539. The Balaban J connectivity index is 0.00000225. The van der Waals surface area contributed by atoms with Crippen molar-refractivity contribution in [3.63, 3.8) is 0 Å². The van der Waals surface area contributed by atoms with Gasteiger partial charge in [-0.3, -0.25) is 4.90 Å². The molecule has 0 amide bonds. The first-order valence-electron chi connectivity index (χ1n) is 9.61. The molecule has 1 unspecified atom stereocenters. The Kier molecular flexibility index (Phi) is 8.49. The summed E-state index contributed by atoms with van der Waals surface area (Å²) in [6, 6.07) is 10.4. The minimum Gasteiger partial charge on any atom is -0.357 e. The maximum atomic E-state index is 4.71. The molecule has 2 aliphatic rings. The van der Waals surface area contributed by atoms with Crippen LogP contribution in [0, 0.1) is 0 Å². The van der Waals surface area contributed by atoms with Gasteiger partial charge in [-0.05, 0) is 57.2 Å². The lowest BCUT2D eigenvalue weighted by Crippen LogP contribution is -2.38. The predicted molar refractivity (Wildman–Crippen MR) is 117 cm³/mol. The Hall–Kier alpha value is -0.820. The summed E-state index contributed by atoms with van der Waals surface area (Å²) in [5.74, 6) is 0.950. The Morgan fingerprint density at radius 3 is 2.48 bits per heavy atom. The van der Waals surface area contributed by atoms with Gasteiger partial charge in [0, 0.05) is 25.2 Å². The summed E-state index contributed by atoms with van der Waals surface area (Å²) in [6.45, 7) is 8.44. The topological polar surface area (TPSA) is 39.7 Å². The van der Waals surface area contributed by atoms with E-state index in [-0.39, 0.29) is 24.0 Å². The third-order valence-electron chi connectivity index (χ3n) is 5.03. The molecule has 25 heavy (non-hydrogen) atoms. The fraction of sp³-hybridized carbons (Fsp3) is 0.650. The summed E-state index contributed by atoms with van der Waals surface area (Å²) in [5.41, 5.74) is 2.69. The number of piperidine rings is 1. The first kappa shape index (κ1) is 20.5. The lowest BCUT2D eigenvalue weighted by Gasteiger charge is -2.33. The second-order valence-electron chi connectivity index (χ2n) is 7.25. The monoisotopic (exact) mass is 456 g/mol. The van der Waals surface area contributed by atoms with Crippen molar-refractivity contribution >= 4 is 29.9 Å². The van der Waals surface area contributed by atoms with Gasteiger partial charge in [0.15, 0.2) is 5.96 Å². The summed E-state index contributed by atoms with van der Waals surface area (Å²) in [7, 11) is 0. The number of nitrogens with zero attached hydrogens (tertiary/aromatic N) is 2. The van der Waals surface area contributed by atoms with Gasteiger partial charge in [0.1, 0.15) is 0 Å². The van der Waals surface area contributed by atoms with Crippen LogP contribution in [-0.2, 0) is 13.1 Å². The lowest BCUT2D eigenvalue weighted by atomic mass is 10.0. The maximum Gasteiger partial charge on any atom is 0.191 e. The van der Waals surface area contributed by atoms with Crippen LogP contribution in [0.25, 0.3) is 0 Å². The van der Waals surface area contributed by atoms with E-state index in [0.29, 0.717) is 6.04 Å². The van der Waals surface area contributed by atoms with E-state index in [1.54, 1.807) is 0 Å². The van der Waals surface area contributed by atoms with Crippen LogP contribution in [0.2, 0.25) is 0 Å². The van der Waals surface area contributed by atoms with Gasteiger partial charge in [-0.2, -0.15) is 0 Å². The highest BCUT2D eigenvalue weighted by Gasteiger charge is 2.22. The number of hydrogen-bond acceptors (Lipinski definition) is 2. The molecule has 2 fully saturated rings. The summed E-state index contributed by atoms with van der Waals surface area (Å²) in [6.07, 6.45) is 6.62. The zero-order chi connectivity index (χ0) is 16.8. The van der Waals surface area contributed by atoms with Crippen molar-refractivity contribution in [1.29, 1.82) is 0 Å². The maximum absolute atomic E-state index is 4.71. The lowest BCUT2D eigenvalue weighted by molar-refractivity contribution is 0.152. The molecule has 1 saturated heterocycles. The number of aliphatic imine (C=N–C) groups is 1. The van der Waals surface area contributed by atoms with Crippen molar-refractivity contribution in [3.05, 3.63) is 35.4 Å². The van der Waals surface area contributed by atoms with Gasteiger partial charge in [0.05, 0.1) is 6.54 Å². The molecule has 0 radical (unpaired) electrons. The number of benzene rings is 1. The molecule has 1 aromatic carbocycles. The summed E-state index contributed by atoms with van der Waals surface area (Å²) >= 11 is 0. The summed E-state index contributed by atoms with van der Waals surface area (Å²) in [4.78, 5) is 7.32. The molecule has 1 heterocycles. The third-order valence-corrected chi connectivity index (χ3v) is 5.03. The fourth-order valence-electron chi connectivity index (χ4n) is 3.29. The SMILES string of the molecule is CCNC(=NCc1ccc(CN2CCCCC2C)cc1)NC1CC1.I. The molecule has 2 N–H and O–H groups in total. The van der Waals surface area contributed by atoms with E-state index in [2.05, 4.69) is 53.6 Å². The van der Waals surface area contributed by atoms with E-state index in [9.17, 15) is 0 Å². The van der Waals surface area contributed by atoms with E-state index in [4.69, 9.17) is 4.99 Å². The van der Waals surface area contributed by atoms with Crippen molar-refractivity contribution in [2.24, 2.45) is 4.99 Å². The highest BCUT2D eigenvalue weighted by Crippen LogP contribution is 2.20. The Morgan fingerprint density at radius 1 is 1.12 bits per heavy atom. The molecule has 1 saturated carbocycles. The molecule has 1 aliphatic heterocycles. The highest BCUT2D eigenvalue weighted by molar-refractivity contribution is 14.0. The second-order valence-corrected chi connectivity index (χ2v) is 7.25. The van der Waals surface area contributed by atoms with Gasteiger partial charge in [0.2, 0.25) is 0 Å². The largest absolute Gasteiger partial charge is 0.357 e. The molecule has 4 nitrogen and oxygen atoms in total. The zero-order valence-corrected chi connectivity index (χ0v) is 18.0. The van der Waals surface area contributed by atoms with Crippen LogP contribution in [0.5, 0.6) is 0 Å². The molecule has 1 atom stereocenters.